The van der Waals surface area contributed by atoms with Gasteiger partial charge in [0.25, 0.3) is 5.91 Å². The molecule has 2 aromatic carbocycles. The highest BCUT2D eigenvalue weighted by Gasteiger charge is 2.30. The van der Waals surface area contributed by atoms with E-state index in [2.05, 4.69) is 10.1 Å². The lowest BCUT2D eigenvalue weighted by Gasteiger charge is -2.20. The molecule has 0 spiro atoms. The van der Waals surface area contributed by atoms with Crippen LogP contribution in [0.2, 0.25) is 0 Å². The van der Waals surface area contributed by atoms with E-state index in [1.807, 2.05) is 0 Å². The van der Waals surface area contributed by atoms with Gasteiger partial charge in [-0.3, -0.25) is 4.79 Å². The van der Waals surface area contributed by atoms with Crippen LogP contribution in [0.1, 0.15) is 22.0 Å². The summed E-state index contributed by atoms with van der Waals surface area (Å²) in [5.41, 5.74) is 1.37. The van der Waals surface area contributed by atoms with Crippen molar-refractivity contribution in [2.75, 3.05) is 0 Å². The lowest BCUT2D eigenvalue weighted by molar-refractivity contribution is 0.0868. The van der Waals surface area contributed by atoms with Gasteiger partial charge in [-0.05, 0) is 42.0 Å². The summed E-state index contributed by atoms with van der Waals surface area (Å²) in [6, 6.07) is 12.0. The maximum absolute atomic E-state index is 13.4. The van der Waals surface area contributed by atoms with Crippen LogP contribution in [0.4, 0.5) is 8.78 Å². The Morgan fingerprint density at radius 2 is 1.88 bits per heavy atom. The topological polar surface area (TPSA) is 47.8 Å². The lowest BCUT2D eigenvalue weighted by atomic mass is 10.1. The fourth-order valence-corrected chi connectivity index (χ4v) is 3.71. The number of rotatable bonds is 2. The van der Waals surface area contributed by atoms with Gasteiger partial charge >= 0.3 is 0 Å². The molecule has 4 rings (SSSR count). The molecule has 1 aromatic heterocycles. The molecule has 0 saturated heterocycles. The Bertz CT molecular complexity index is 924. The third kappa shape index (κ3) is 2.71. The van der Waals surface area contributed by atoms with Gasteiger partial charge in [-0.15, -0.1) is 5.10 Å². The van der Waals surface area contributed by atoms with Crippen molar-refractivity contribution in [1.29, 1.82) is 0 Å². The molecule has 0 saturated carbocycles. The van der Waals surface area contributed by atoms with E-state index in [1.54, 1.807) is 24.3 Å². The van der Waals surface area contributed by atoms with Gasteiger partial charge in [0, 0.05) is 17.2 Å². The number of carbonyl (C=O) groups is 1. The van der Waals surface area contributed by atoms with Gasteiger partial charge < -0.3 is 0 Å². The molecular weight excluding hydrogens is 332 g/mol. The SMILES string of the molecule is O=C1C[C@H](c2cccc(F)c2)Sc2nc(-c3ccc(F)cc3)nn21. The summed E-state index contributed by atoms with van der Waals surface area (Å²) >= 11 is 1.37. The molecule has 0 bridgehead atoms. The maximum Gasteiger partial charge on any atom is 0.250 e. The van der Waals surface area contributed by atoms with E-state index in [-0.39, 0.29) is 29.2 Å². The Morgan fingerprint density at radius 1 is 1.08 bits per heavy atom. The van der Waals surface area contributed by atoms with Crippen molar-refractivity contribution in [3.8, 4) is 11.4 Å². The minimum atomic E-state index is -0.348. The van der Waals surface area contributed by atoms with Crippen LogP contribution >= 0.6 is 11.8 Å². The molecule has 24 heavy (non-hydrogen) atoms. The van der Waals surface area contributed by atoms with Gasteiger partial charge in [-0.2, -0.15) is 4.68 Å². The van der Waals surface area contributed by atoms with Gasteiger partial charge in [-0.1, -0.05) is 23.9 Å². The molecule has 1 atom stereocenters. The molecule has 3 aromatic rings. The highest BCUT2D eigenvalue weighted by atomic mass is 32.2. The summed E-state index contributed by atoms with van der Waals surface area (Å²) < 4.78 is 27.7. The summed E-state index contributed by atoms with van der Waals surface area (Å²) in [7, 11) is 0. The van der Waals surface area contributed by atoms with Crippen LogP contribution in [0.25, 0.3) is 11.4 Å². The molecule has 1 aliphatic heterocycles. The standard InChI is InChI=1S/C17H11F2N3OS/c18-12-6-4-10(5-7-12)16-20-17-22(21-16)15(23)9-14(24-17)11-2-1-3-13(19)8-11/h1-8,14H,9H2/t14-/m1/s1. The van der Waals surface area contributed by atoms with E-state index in [1.165, 1.54) is 40.7 Å². The Labute approximate surface area is 140 Å². The average Bonchev–Trinajstić information content (AvgIpc) is 3.00. The van der Waals surface area contributed by atoms with Gasteiger partial charge in [0.15, 0.2) is 11.0 Å². The minimum absolute atomic E-state index is 0.195. The molecule has 0 radical (unpaired) electrons. The van der Waals surface area contributed by atoms with Crippen molar-refractivity contribution in [3.63, 3.8) is 0 Å². The zero-order chi connectivity index (χ0) is 16.7. The van der Waals surface area contributed by atoms with Crippen molar-refractivity contribution >= 4 is 17.7 Å². The molecule has 7 heteroatoms. The Hall–Kier alpha value is -2.54. The second-order valence-corrected chi connectivity index (χ2v) is 6.57. The van der Waals surface area contributed by atoms with Crippen molar-refractivity contribution in [1.82, 2.24) is 14.8 Å². The first-order valence-electron chi connectivity index (χ1n) is 7.28. The highest BCUT2D eigenvalue weighted by molar-refractivity contribution is 7.99. The third-order valence-corrected chi connectivity index (χ3v) is 4.94. The predicted octanol–water partition coefficient (Wildman–Crippen LogP) is 4.10. The first kappa shape index (κ1) is 15.0. The van der Waals surface area contributed by atoms with E-state index >= 15 is 0 Å². The third-order valence-electron chi connectivity index (χ3n) is 3.74. The van der Waals surface area contributed by atoms with Crippen LogP contribution in [0.15, 0.2) is 53.7 Å². The lowest BCUT2D eigenvalue weighted by Crippen LogP contribution is -2.21. The number of carbonyl (C=O) groups excluding carboxylic acids is 1. The predicted molar refractivity (Wildman–Crippen MR) is 85.7 cm³/mol. The largest absolute Gasteiger partial charge is 0.272 e. The summed E-state index contributed by atoms with van der Waals surface area (Å²) in [5.74, 6) is -0.511. The van der Waals surface area contributed by atoms with Gasteiger partial charge in [0.05, 0.1) is 0 Å². The molecular formula is C17H11F2N3OS. The van der Waals surface area contributed by atoms with E-state index < -0.39 is 0 Å². The summed E-state index contributed by atoms with van der Waals surface area (Å²) in [6.45, 7) is 0. The Morgan fingerprint density at radius 3 is 2.62 bits per heavy atom. The van der Waals surface area contributed by atoms with Crippen LogP contribution < -0.4 is 0 Å². The van der Waals surface area contributed by atoms with Gasteiger partial charge in [-0.25, -0.2) is 13.8 Å². The normalized spacial score (nSPS) is 16.9. The zero-order valence-electron chi connectivity index (χ0n) is 12.3. The fraction of sp³-hybridized carbons (Fsp3) is 0.118. The number of thioether (sulfide) groups is 1. The number of benzene rings is 2. The Kier molecular flexibility index (Phi) is 3.65. The van der Waals surface area contributed by atoms with Crippen LogP contribution in [0.5, 0.6) is 0 Å². The number of hydrogen-bond donors (Lipinski definition) is 0. The molecule has 0 amide bonds. The second-order valence-electron chi connectivity index (χ2n) is 5.40. The number of hydrogen-bond acceptors (Lipinski definition) is 4. The summed E-state index contributed by atoms with van der Waals surface area (Å²) in [6.07, 6.45) is 0.216. The molecule has 0 N–H and O–H groups in total. The zero-order valence-corrected chi connectivity index (χ0v) is 13.1. The molecule has 0 unspecified atom stereocenters. The number of nitrogens with zero attached hydrogens (tertiary/aromatic N) is 3. The second kappa shape index (κ2) is 5.83. The van der Waals surface area contributed by atoms with Crippen LogP contribution in [0.3, 0.4) is 0 Å². The first-order chi connectivity index (χ1) is 11.6. The van der Waals surface area contributed by atoms with Crippen molar-refractivity contribution in [2.45, 2.75) is 16.8 Å². The van der Waals surface area contributed by atoms with Crippen LogP contribution in [0, 0.1) is 11.6 Å². The van der Waals surface area contributed by atoms with Crippen molar-refractivity contribution < 1.29 is 13.6 Å². The smallest absolute Gasteiger partial charge is 0.250 e. The van der Waals surface area contributed by atoms with E-state index in [9.17, 15) is 13.6 Å². The van der Waals surface area contributed by atoms with Crippen LogP contribution in [-0.2, 0) is 0 Å². The van der Waals surface area contributed by atoms with E-state index in [0.717, 1.165) is 5.56 Å². The Balaban J connectivity index is 1.68. The molecule has 2 heterocycles. The van der Waals surface area contributed by atoms with Crippen LogP contribution in [-0.4, -0.2) is 20.7 Å². The van der Waals surface area contributed by atoms with Crippen molar-refractivity contribution in [2.24, 2.45) is 0 Å². The van der Waals surface area contributed by atoms with E-state index in [4.69, 9.17) is 0 Å². The van der Waals surface area contributed by atoms with Crippen molar-refractivity contribution in [3.05, 3.63) is 65.7 Å². The highest BCUT2D eigenvalue weighted by Crippen LogP contribution is 2.41. The fourth-order valence-electron chi connectivity index (χ4n) is 2.56. The number of fused-ring (bicyclic) bond motifs is 1. The van der Waals surface area contributed by atoms with Gasteiger partial charge in [0.2, 0.25) is 0 Å². The number of aromatic nitrogens is 3. The maximum atomic E-state index is 13.4. The molecule has 0 fully saturated rings. The summed E-state index contributed by atoms with van der Waals surface area (Å²) in [4.78, 5) is 16.7. The monoisotopic (exact) mass is 343 g/mol. The molecule has 0 aliphatic carbocycles. The summed E-state index contributed by atoms with van der Waals surface area (Å²) in [5, 5.41) is 4.47. The molecule has 120 valence electrons. The number of halogens is 2. The average molecular weight is 343 g/mol. The van der Waals surface area contributed by atoms with Gasteiger partial charge in [0.1, 0.15) is 11.6 Å². The first-order valence-corrected chi connectivity index (χ1v) is 8.16. The molecule has 4 nitrogen and oxygen atoms in total. The quantitative estimate of drug-likeness (QED) is 0.703. The van der Waals surface area contributed by atoms with E-state index in [0.29, 0.717) is 16.5 Å². The molecule has 1 aliphatic rings. The minimum Gasteiger partial charge on any atom is -0.272 e.